The summed E-state index contributed by atoms with van der Waals surface area (Å²) >= 11 is 12.1. The molecular formula is C15H16Cl2N2. The Kier molecular flexibility index (Phi) is 5.52. The van der Waals surface area contributed by atoms with Gasteiger partial charge >= 0.3 is 0 Å². The Morgan fingerprint density at radius 2 is 1.47 bits per heavy atom. The minimum absolute atomic E-state index is 0.744. The van der Waals surface area contributed by atoms with Crippen molar-refractivity contribution in [3.63, 3.8) is 0 Å². The van der Waals surface area contributed by atoms with Gasteiger partial charge in [0, 0.05) is 24.7 Å². The van der Waals surface area contributed by atoms with Gasteiger partial charge in [-0.3, -0.25) is 0 Å². The number of nitrogens with one attached hydrogen (secondary N) is 2. The normalized spacial score (nSPS) is 10.4. The van der Waals surface area contributed by atoms with E-state index in [1.807, 2.05) is 48.5 Å². The molecule has 2 aromatic carbocycles. The highest BCUT2D eigenvalue weighted by Gasteiger charge is 1.99. The topological polar surface area (TPSA) is 24.1 Å². The average molecular weight is 295 g/mol. The van der Waals surface area contributed by atoms with Gasteiger partial charge in [0.2, 0.25) is 0 Å². The molecule has 4 heteroatoms. The molecule has 0 amide bonds. The van der Waals surface area contributed by atoms with E-state index in [2.05, 4.69) is 10.6 Å². The van der Waals surface area contributed by atoms with Crippen molar-refractivity contribution in [3.8, 4) is 0 Å². The lowest BCUT2D eigenvalue weighted by Gasteiger charge is -2.09. The first-order valence-corrected chi connectivity index (χ1v) is 6.95. The maximum atomic E-state index is 6.08. The minimum atomic E-state index is 0.744. The van der Waals surface area contributed by atoms with Crippen LogP contribution in [0.25, 0.3) is 0 Å². The Labute approximate surface area is 123 Å². The zero-order valence-corrected chi connectivity index (χ0v) is 12.0. The molecule has 100 valence electrons. The number of hydrogen-bond acceptors (Lipinski definition) is 2. The van der Waals surface area contributed by atoms with Crippen molar-refractivity contribution in [2.75, 3.05) is 18.4 Å². The first kappa shape index (κ1) is 14.2. The van der Waals surface area contributed by atoms with Crippen molar-refractivity contribution in [2.45, 2.75) is 6.54 Å². The van der Waals surface area contributed by atoms with Crippen molar-refractivity contribution in [2.24, 2.45) is 0 Å². The Hall–Kier alpha value is -1.22. The lowest BCUT2D eigenvalue weighted by Crippen LogP contribution is -2.22. The highest BCUT2D eigenvalue weighted by atomic mass is 35.5. The summed E-state index contributed by atoms with van der Waals surface area (Å²) in [5.74, 6) is 0. The van der Waals surface area contributed by atoms with Crippen molar-refractivity contribution in [1.29, 1.82) is 0 Å². The van der Waals surface area contributed by atoms with Gasteiger partial charge in [0.15, 0.2) is 0 Å². The number of hydrogen-bond donors (Lipinski definition) is 2. The molecule has 0 heterocycles. The molecule has 0 aliphatic heterocycles. The quantitative estimate of drug-likeness (QED) is 0.781. The third kappa shape index (κ3) is 4.43. The second-order valence-corrected chi connectivity index (χ2v) is 4.99. The molecule has 0 aromatic heterocycles. The number of halogens is 2. The summed E-state index contributed by atoms with van der Waals surface area (Å²) in [5.41, 5.74) is 2.07. The number of rotatable bonds is 6. The van der Waals surface area contributed by atoms with Crippen LogP contribution in [0, 0.1) is 0 Å². The van der Waals surface area contributed by atoms with Gasteiger partial charge < -0.3 is 10.6 Å². The summed E-state index contributed by atoms with van der Waals surface area (Å²) in [6, 6.07) is 15.6. The molecule has 0 atom stereocenters. The summed E-state index contributed by atoms with van der Waals surface area (Å²) in [6.45, 7) is 2.43. The standard InChI is InChI=1S/C15H16Cl2N2/c16-13-6-2-1-5-12(13)11-18-9-10-19-15-8-4-3-7-14(15)17/h1-8,18-19H,9-11H2. The van der Waals surface area contributed by atoms with Gasteiger partial charge in [-0.05, 0) is 23.8 Å². The van der Waals surface area contributed by atoms with Crippen LogP contribution in [-0.4, -0.2) is 13.1 Å². The van der Waals surface area contributed by atoms with Crippen LogP contribution in [0.1, 0.15) is 5.56 Å². The maximum absolute atomic E-state index is 6.08. The van der Waals surface area contributed by atoms with E-state index in [9.17, 15) is 0 Å². The average Bonchev–Trinajstić information content (AvgIpc) is 2.42. The summed E-state index contributed by atoms with van der Waals surface area (Å²) < 4.78 is 0. The third-order valence-electron chi connectivity index (χ3n) is 2.76. The van der Waals surface area contributed by atoms with Gasteiger partial charge in [-0.1, -0.05) is 53.5 Å². The van der Waals surface area contributed by atoms with Crippen LogP contribution in [0.3, 0.4) is 0 Å². The molecule has 0 aliphatic rings. The van der Waals surface area contributed by atoms with Crippen LogP contribution in [0.4, 0.5) is 5.69 Å². The first-order valence-electron chi connectivity index (χ1n) is 6.20. The van der Waals surface area contributed by atoms with E-state index in [-0.39, 0.29) is 0 Å². The molecule has 0 fully saturated rings. The number of benzene rings is 2. The predicted molar refractivity (Wildman–Crippen MR) is 83.1 cm³/mol. The molecule has 0 aliphatic carbocycles. The van der Waals surface area contributed by atoms with Gasteiger partial charge in [0.1, 0.15) is 0 Å². The Balaban J connectivity index is 1.71. The van der Waals surface area contributed by atoms with Crippen LogP contribution in [0.2, 0.25) is 10.0 Å². The fourth-order valence-corrected chi connectivity index (χ4v) is 2.16. The second kappa shape index (κ2) is 7.39. The van der Waals surface area contributed by atoms with Crippen LogP contribution in [0.15, 0.2) is 48.5 Å². The monoisotopic (exact) mass is 294 g/mol. The van der Waals surface area contributed by atoms with E-state index >= 15 is 0 Å². The van der Waals surface area contributed by atoms with Crippen molar-refractivity contribution >= 4 is 28.9 Å². The summed E-state index contributed by atoms with van der Waals surface area (Å²) in [4.78, 5) is 0. The molecule has 2 N–H and O–H groups in total. The first-order chi connectivity index (χ1) is 9.27. The smallest absolute Gasteiger partial charge is 0.0637 e. The fraction of sp³-hybridized carbons (Fsp3) is 0.200. The number of anilines is 1. The van der Waals surface area contributed by atoms with Crippen molar-refractivity contribution in [3.05, 3.63) is 64.1 Å². The van der Waals surface area contributed by atoms with Gasteiger partial charge in [0.05, 0.1) is 10.7 Å². The van der Waals surface area contributed by atoms with Gasteiger partial charge in [-0.2, -0.15) is 0 Å². The van der Waals surface area contributed by atoms with E-state index < -0.39 is 0 Å². The van der Waals surface area contributed by atoms with E-state index in [0.717, 1.165) is 40.9 Å². The highest BCUT2D eigenvalue weighted by Crippen LogP contribution is 2.19. The lowest BCUT2D eigenvalue weighted by atomic mass is 10.2. The van der Waals surface area contributed by atoms with E-state index in [1.165, 1.54) is 0 Å². The van der Waals surface area contributed by atoms with Crippen LogP contribution < -0.4 is 10.6 Å². The maximum Gasteiger partial charge on any atom is 0.0637 e. The zero-order valence-electron chi connectivity index (χ0n) is 10.5. The summed E-state index contributed by atoms with van der Waals surface area (Å²) in [5, 5.41) is 8.17. The van der Waals surface area contributed by atoms with Crippen molar-refractivity contribution < 1.29 is 0 Å². The Bertz CT molecular complexity index is 482. The molecule has 0 bridgehead atoms. The molecule has 2 aromatic rings. The summed E-state index contributed by atoms with van der Waals surface area (Å²) in [7, 11) is 0. The molecule has 0 saturated carbocycles. The predicted octanol–water partition coefficient (Wildman–Crippen LogP) is 4.20. The third-order valence-corrected chi connectivity index (χ3v) is 3.46. The van der Waals surface area contributed by atoms with Crippen molar-refractivity contribution in [1.82, 2.24) is 5.32 Å². The molecule has 0 saturated heterocycles. The molecule has 0 radical (unpaired) electrons. The molecule has 0 unspecified atom stereocenters. The van der Waals surface area contributed by atoms with E-state index in [0.29, 0.717) is 0 Å². The van der Waals surface area contributed by atoms with Gasteiger partial charge in [-0.25, -0.2) is 0 Å². The highest BCUT2D eigenvalue weighted by molar-refractivity contribution is 6.33. The van der Waals surface area contributed by atoms with Gasteiger partial charge in [-0.15, -0.1) is 0 Å². The Morgan fingerprint density at radius 1 is 0.789 bits per heavy atom. The van der Waals surface area contributed by atoms with Crippen LogP contribution >= 0.6 is 23.2 Å². The molecule has 2 nitrogen and oxygen atoms in total. The zero-order chi connectivity index (χ0) is 13.5. The van der Waals surface area contributed by atoms with Crippen LogP contribution in [-0.2, 0) is 6.54 Å². The SMILES string of the molecule is Clc1ccccc1CNCCNc1ccccc1Cl. The largest absolute Gasteiger partial charge is 0.383 e. The minimum Gasteiger partial charge on any atom is -0.383 e. The molecule has 0 spiro atoms. The fourth-order valence-electron chi connectivity index (χ4n) is 1.75. The van der Waals surface area contributed by atoms with E-state index in [4.69, 9.17) is 23.2 Å². The molecular weight excluding hydrogens is 279 g/mol. The summed E-state index contributed by atoms with van der Waals surface area (Å²) in [6.07, 6.45) is 0. The Morgan fingerprint density at radius 3 is 2.21 bits per heavy atom. The molecule has 2 rings (SSSR count). The number of para-hydroxylation sites is 1. The van der Waals surface area contributed by atoms with Gasteiger partial charge in [0.25, 0.3) is 0 Å². The van der Waals surface area contributed by atoms with E-state index in [1.54, 1.807) is 0 Å². The lowest BCUT2D eigenvalue weighted by molar-refractivity contribution is 0.707. The second-order valence-electron chi connectivity index (χ2n) is 4.17. The van der Waals surface area contributed by atoms with Crippen LogP contribution in [0.5, 0.6) is 0 Å². The molecule has 19 heavy (non-hydrogen) atoms.